The second-order valence-electron chi connectivity index (χ2n) is 5.07. The largest absolute Gasteiger partial charge is 0.507 e. The third-order valence-electron chi connectivity index (χ3n) is 3.24. The summed E-state index contributed by atoms with van der Waals surface area (Å²) in [5, 5.41) is 9.11. The minimum absolute atomic E-state index is 0.124. The summed E-state index contributed by atoms with van der Waals surface area (Å²) in [5.41, 5.74) is 0.985. The second-order valence-corrected chi connectivity index (χ2v) is 5.07. The van der Waals surface area contributed by atoms with Crippen LogP contribution in [0.4, 0.5) is 0 Å². The van der Waals surface area contributed by atoms with Gasteiger partial charge in [0.1, 0.15) is 5.75 Å². The van der Waals surface area contributed by atoms with Gasteiger partial charge in [-0.25, -0.2) is 0 Å². The summed E-state index contributed by atoms with van der Waals surface area (Å²) in [6, 6.07) is 7.79. The molecule has 0 bridgehead atoms. The standard InChI is InChI=1S/C17H25O3/c1-2-3-4-5-6-7-14-20-17(19)13-10-15-8-11-16(18)12-9-15/h8-9,11,18H,2-7,10,13-14H2,1H3. The van der Waals surface area contributed by atoms with Gasteiger partial charge in [-0.2, -0.15) is 0 Å². The van der Waals surface area contributed by atoms with Crippen LogP contribution in [0.2, 0.25) is 0 Å². The Morgan fingerprint density at radius 3 is 2.65 bits per heavy atom. The quantitative estimate of drug-likeness (QED) is 0.519. The number of aryl methyl sites for hydroxylation is 1. The Morgan fingerprint density at radius 1 is 1.20 bits per heavy atom. The SMILES string of the molecule is CCCCCCCCOC(=O)CCc1c[c]c(O)cc1. The molecule has 3 nitrogen and oxygen atoms in total. The van der Waals surface area contributed by atoms with Crippen molar-refractivity contribution >= 4 is 5.97 Å². The molecule has 0 spiro atoms. The highest BCUT2D eigenvalue weighted by Crippen LogP contribution is 2.11. The fourth-order valence-electron chi connectivity index (χ4n) is 1.99. The van der Waals surface area contributed by atoms with Crippen molar-refractivity contribution in [2.75, 3.05) is 6.61 Å². The molecule has 0 heterocycles. The van der Waals surface area contributed by atoms with E-state index in [0.717, 1.165) is 18.4 Å². The zero-order valence-corrected chi connectivity index (χ0v) is 12.4. The summed E-state index contributed by atoms with van der Waals surface area (Å²) in [5.74, 6) is -0.0222. The van der Waals surface area contributed by atoms with E-state index in [2.05, 4.69) is 13.0 Å². The summed E-state index contributed by atoms with van der Waals surface area (Å²) in [7, 11) is 0. The monoisotopic (exact) mass is 277 g/mol. The molecule has 20 heavy (non-hydrogen) atoms. The van der Waals surface area contributed by atoms with E-state index < -0.39 is 0 Å². The molecule has 0 aliphatic rings. The topological polar surface area (TPSA) is 46.5 Å². The third kappa shape index (κ3) is 7.82. The zero-order valence-electron chi connectivity index (χ0n) is 12.4. The number of carbonyl (C=O) groups excluding carboxylic acids is 1. The average Bonchev–Trinajstić information content (AvgIpc) is 2.46. The first kappa shape index (κ1) is 16.5. The van der Waals surface area contributed by atoms with Crippen molar-refractivity contribution in [1.29, 1.82) is 0 Å². The molecule has 1 aromatic carbocycles. The number of hydrogen-bond acceptors (Lipinski definition) is 3. The molecule has 1 radical (unpaired) electrons. The summed E-state index contributed by atoms with van der Waals surface area (Å²) < 4.78 is 5.20. The van der Waals surface area contributed by atoms with Gasteiger partial charge < -0.3 is 9.84 Å². The van der Waals surface area contributed by atoms with Crippen molar-refractivity contribution in [2.45, 2.75) is 58.3 Å². The summed E-state index contributed by atoms with van der Waals surface area (Å²) in [6.45, 7) is 2.74. The molecular formula is C17H25O3. The number of unbranched alkanes of at least 4 members (excludes halogenated alkanes) is 5. The Morgan fingerprint density at radius 2 is 1.95 bits per heavy atom. The molecular weight excluding hydrogens is 252 g/mol. The van der Waals surface area contributed by atoms with Crippen LogP contribution in [0.25, 0.3) is 0 Å². The molecule has 0 aromatic heterocycles. The maximum Gasteiger partial charge on any atom is 0.306 e. The van der Waals surface area contributed by atoms with Gasteiger partial charge in [0.25, 0.3) is 0 Å². The van der Waals surface area contributed by atoms with E-state index in [1.54, 1.807) is 18.2 Å². The highest BCUT2D eigenvalue weighted by Gasteiger charge is 2.03. The molecule has 0 saturated heterocycles. The van der Waals surface area contributed by atoms with E-state index in [-0.39, 0.29) is 11.7 Å². The van der Waals surface area contributed by atoms with Crippen molar-refractivity contribution < 1.29 is 14.6 Å². The molecule has 0 amide bonds. The molecule has 0 unspecified atom stereocenters. The number of hydrogen-bond donors (Lipinski definition) is 1. The molecule has 1 N–H and O–H groups in total. The fourth-order valence-corrected chi connectivity index (χ4v) is 1.99. The molecule has 0 saturated carbocycles. The molecule has 1 rings (SSSR count). The lowest BCUT2D eigenvalue weighted by atomic mass is 10.1. The van der Waals surface area contributed by atoms with Crippen molar-refractivity contribution in [1.82, 2.24) is 0 Å². The molecule has 0 aliphatic carbocycles. The Balaban J connectivity index is 2.01. The number of carbonyl (C=O) groups is 1. The van der Waals surface area contributed by atoms with Gasteiger partial charge in [-0.05, 0) is 30.5 Å². The molecule has 111 valence electrons. The minimum Gasteiger partial charge on any atom is -0.507 e. The first-order valence-corrected chi connectivity index (χ1v) is 7.57. The van der Waals surface area contributed by atoms with Crippen molar-refractivity contribution in [3.8, 4) is 5.75 Å². The highest BCUT2D eigenvalue weighted by atomic mass is 16.5. The lowest BCUT2D eigenvalue weighted by molar-refractivity contribution is -0.143. The Labute approximate surface area is 122 Å². The third-order valence-corrected chi connectivity index (χ3v) is 3.24. The maximum atomic E-state index is 11.5. The van der Waals surface area contributed by atoms with Crippen molar-refractivity contribution in [2.24, 2.45) is 0 Å². The van der Waals surface area contributed by atoms with Crippen LogP contribution in [0.3, 0.4) is 0 Å². The number of ether oxygens (including phenoxy) is 1. The lowest BCUT2D eigenvalue weighted by Crippen LogP contribution is -2.07. The van der Waals surface area contributed by atoms with E-state index in [1.165, 1.54) is 25.7 Å². The Bertz CT molecular complexity index is 370. The van der Waals surface area contributed by atoms with Crippen LogP contribution in [0.5, 0.6) is 5.75 Å². The predicted octanol–water partition coefficient (Wildman–Crippen LogP) is 4.03. The van der Waals surface area contributed by atoms with Crippen LogP contribution < -0.4 is 0 Å². The normalized spacial score (nSPS) is 10.4. The van der Waals surface area contributed by atoms with Gasteiger partial charge in [0.2, 0.25) is 0 Å². The first-order valence-electron chi connectivity index (χ1n) is 7.57. The Kier molecular flexibility index (Phi) is 8.52. The van der Waals surface area contributed by atoms with Crippen LogP contribution in [0, 0.1) is 6.07 Å². The second kappa shape index (κ2) is 10.3. The lowest BCUT2D eigenvalue weighted by Gasteiger charge is -2.05. The number of aromatic hydroxyl groups is 1. The molecule has 0 aliphatic heterocycles. The molecule has 0 atom stereocenters. The van der Waals surface area contributed by atoms with Crippen LogP contribution in [0.15, 0.2) is 18.2 Å². The minimum atomic E-state index is -0.147. The molecule has 1 aromatic rings. The summed E-state index contributed by atoms with van der Waals surface area (Å²) in [4.78, 5) is 11.5. The smallest absolute Gasteiger partial charge is 0.306 e. The first-order chi connectivity index (χ1) is 9.72. The summed E-state index contributed by atoms with van der Waals surface area (Å²) >= 11 is 0. The van der Waals surface area contributed by atoms with Gasteiger partial charge in [0, 0.05) is 12.5 Å². The Hall–Kier alpha value is -1.51. The predicted molar refractivity (Wildman–Crippen MR) is 79.6 cm³/mol. The maximum absolute atomic E-state index is 11.5. The van der Waals surface area contributed by atoms with Crippen LogP contribution in [-0.2, 0) is 16.0 Å². The average molecular weight is 277 g/mol. The van der Waals surface area contributed by atoms with Crippen LogP contribution >= 0.6 is 0 Å². The van der Waals surface area contributed by atoms with Gasteiger partial charge >= 0.3 is 5.97 Å². The van der Waals surface area contributed by atoms with Crippen molar-refractivity contribution in [3.05, 3.63) is 29.8 Å². The van der Waals surface area contributed by atoms with Gasteiger partial charge in [-0.15, -0.1) is 0 Å². The number of esters is 1. The number of phenolic OH excluding ortho intramolecular Hbond substituents is 1. The zero-order chi connectivity index (χ0) is 14.6. The van der Waals surface area contributed by atoms with E-state index >= 15 is 0 Å². The van der Waals surface area contributed by atoms with E-state index in [4.69, 9.17) is 9.84 Å². The van der Waals surface area contributed by atoms with Gasteiger partial charge in [-0.1, -0.05) is 45.1 Å². The number of benzene rings is 1. The highest BCUT2D eigenvalue weighted by molar-refractivity contribution is 5.69. The molecule has 3 heteroatoms. The van der Waals surface area contributed by atoms with Gasteiger partial charge in [-0.3, -0.25) is 4.79 Å². The van der Waals surface area contributed by atoms with E-state index in [9.17, 15) is 4.79 Å². The van der Waals surface area contributed by atoms with E-state index in [0.29, 0.717) is 19.4 Å². The fraction of sp³-hybridized carbons (Fsp3) is 0.588. The van der Waals surface area contributed by atoms with Crippen LogP contribution in [0.1, 0.15) is 57.4 Å². The summed E-state index contributed by atoms with van der Waals surface area (Å²) in [6.07, 6.45) is 8.17. The van der Waals surface area contributed by atoms with Gasteiger partial charge in [0.15, 0.2) is 0 Å². The molecule has 0 fully saturated rings. The number of phenols is 1. The van der Waals surface area contributed by atoms with E-state index in [1.807, 2.05) is 0 Å². The van der Waals surface area contributed by atoms with Gasteiger partial charge in [0.05, 0.1) is 6.61 Å². The number of rotatable bonds is 10. The van der Waals surface area contributed by atoms with Crippen molar-refractivity contribution in [3.63, 3.8) is 0 Å². The van der Waals surface area contributed by atoms with Crippen LogP contribution in [-0.4, -0.2) is 17.7 Å².